The van der Waals surface area contributed by atoms with Crippen molar-refractivity contribution in [3.8, 4) is 0 Å². The molecular formula is C40H69N3O14. The first kappa shape index (κ1) is 50.2. The monoisotopic (exact) mass is 815 g/mol. The largest absolute Gasteiger partial charge is 0.444 e. The number of nitrogens with one attached hydrogen (secondary N) is 3. The van der Waals surface area contributed by atoms with Gasteiger partial charge >= 0.3 is 6.09 Å². The van der Waals surface area contributed by atoms with Crippen molar-refractivity contribution in [1.29, 1.82) is 0 Å². The third-order valence-corrected chi connectivity index (χ3v) is 8.13. The van der Waals surface area contributed by atoms with E-state index in [1.807, 2.05) is 45.0 Å². The molecule has 57 heavy (non-hydrogen) atoms. The van der Waals surface area contributed by atoms with Crippen LogP contribution in [-0.2, 0) is 58.6 Å². The Labute approximate surface area is 338 Å². The molecule has 1 fully saturated rings. The molecule has 1 aromatic carbocycles. The summed E-state index contributed by atoms with van der Waals surface area (Å²) < 4.78 is 49.2. The summed E-state index contributed by atoms with van der Waals surface area (Å²) in [7, 11) is 0. The van der Waals surface area contributed by atoms with E-state index in [2.05, 4.69) is 16.0 Å². The third kappa shape index (κ3) is 29.0. The number of rotatable bonds is 33. The summed E-state index contributed by atoms with van der Waals surface area (Å²) in [6.07, 6.45) is 2.54. The van der Waals surface area contributed by atoms with Crippen LogP contribution in [-0.4, -0.2) is 158 Å². The number of amides is 3. The van der Waals surface area contributed by atoms with Crippen LogP contribution in [0.4, 0.5) is 10.5 Å². The molecule has 328 valence electrons. The zero-order chi connectivity index (χ0) is 41.4. The molecule has 17 heteroatoms. The highest BCUT2D eigenvalue weighted by Crippen LogP contribution is 2.21. The molecule has 1 saturated heterocycles. The molecule has 1 heterocycles. The molecule has 0 radical (unpaired) electrons. The molecule has 0 aliphatic carbocycles. The number of carbonyl (C=O) groups is 3. The van der Waals surface area contributed by atoms with Crippen LogP contribution >= 0.6 is 0 Å². The van der Waals surface area contributed by atoms with Crippen LogP contribution in [0.15, 0.2) is 24.3 Å². The number of benzene rings is 1. The Bertz CT molecular complexity index is 1190. The van der Waals surface area contributed by atoms with E-state index >= 15 is 0 Å². The van der Waals surface area contributed by atoms with Gasteiger partial charge in [0.25, 0.3) is 0 Å². The highest BCUT2D eigenvalue weighted by Gasteiger charge is 2.28. The summed E-state index contributed by atoms with van der Waals surface area (Å²) in [4.78, 5) is 35.9. The first-order valence-electron chi connectivity index (χ1n) is 20.2. The van der Waals surface area contributed by atoms with Gasteiger partial charge in [-0.25, -0.2) is 4.79 Å². The minimum atomic E-state index is -0.537. The van der Waals surface area contributed by atoms with Crippen molar-refractivity contribution in [1.82, 2.24) is 10.6 Å². The van der Waals surface area contributed by atoms with Crippen molar-refractivity contribution in [3.63, 3.8) is 0 Å². The summed E-state index contributed by atoms with van der Waals surface area (Å²) >= 11 is 0. The molecule has 1 aromatic rings. The number of aliphatic hydroxyl groups excluding tert-OH is 2. The molecule has 0 aromatic heterocycles. The van der Waals surface area contributed by atoms with Crippen LogP contribution < -0.4 is 16.0 Å². The van der Waals surface area contributed by atoms with Crippen molar-refractivity contribution in [2.75, 3.05) is 111 Å². The van der Waals surface area contributed by atoms with E-state index in [0.29, 0.717) is 125 Å². The lowest BCUT2D eigenvalue weighted by atomic mass is 10.1. The lowest BCUT2D eigenvalue weighted by molar-refractivity contribution is -0.221. The van der Waals surface area contributed by atoms with Gasteiger partial charge in [-0.3, -0.25) is 9.59 Å². The van der Waals surface area contributed by atoms with Gasteiger partial charge in [-0.1, -0.05) is 18.6 Å². The lowest BCUT2D eigenvalue weighted by Gasteiger charge is -2.32. The normalized spacial score (nSPS) is 17.0. The van der Waals surface area contributed by atoms with Crippen molar-refractivity contribution in [3.05, 3.63) is 29.8 Å². The first-order valence-corrected chi connectivity index (χ1v) is 20.2. The summed E-state index contributed by atoms with van der Waals surface area (Å²) in [6, 6.07) is 7.59. The average molecular weight is 816 g/mol. The number of aliphatic hydroxyl groups is 2. The summed E-state index contributed by atoms with van der Waals surface area (Å²) in [5, 5.41) is 27.6. The summed E-state index contributed by atoms with van der Waals surface area (Å²) in [5.74, 6) is -0.125. The molecular weight excluding hydrogens is 746 g/mol. The predicted octanol–water partition coefficient (Wildman–Crippen LogP) is 2.73. The van der Waals surface area contributed by atoms with Gasteiger partial charge in [0.15, 0.2) is 6.29 Å². The average Bonchev–Trinajstić information content (AvgIpc) is 3.16. The first-order chi connectivity index (χ1) is 27.5. The van der Waals surface area contributed by atoms with Gasteiger partial charge in [0, 0.05) is 44.5 Å². The Hall–Kier alpha value is -2.97. The maximum absolute atomic E-state index is 12.3. The minimum Gasteiger partial charge on any atom is -0.444 e. The Morgan fingerprint density at radius 1 is 0.684 bits per heavy atom. The highest BCUT2D eigenvalue weighted by molar-refractivity contribution is 5.90. The molecule has 1 aliphatic rings. The van der Waals surface area contributed by atoms with E-state index in [1.54, 1.807) is 0 Å². The van der Waals surface area contributed by atoms with Crippen LogP contribution in [0.3, 0.4) is 0 Å². The molecule has 3 atom stereocenters. The number of hydrogen-bond donors (Lipinski definition) is 5. The van der Waals surface area contributed by atoms with Crippen LogP contribution in [0.5, 0.6) is 0 Å². The Balaban J connectivity index is 1.28. The summed E-state index contributed by atoms with van der Waals surface area (Å²) in [5.41, 5.74) is 1.25. The smallest absolute Gasteiger partial charge is 0.407 e. The van der Waals surface area contributed by atoms with E-state index in [9.17, 15) is 24.6 Å². The standard InChI is InChI=1S/C40H69N3O14/c1-40(2,3)57-39(48)42-15-18-50-20-22-52-24-26-54-28-27-53-25-23-51-21-19-49-16-13-36(46)41-14-6-4-5-7-37(47)43-33-10-8-32(9-11-33)12-17-55-38-30-34(45)29-35(31-44)56-38/h8-11,34-35,38,44-45H,4-7,12-31H2,1-3H3,(H,41,46)(H,42,48)(H,43,47)/t34?,35-,38+/m0/s1. The topological polar surface area (TPSA) is 211 Å². The van der Waals surface area contributed by atoms with E-state index < -0.39 is 30.2 Å². The van der Waals surface area contributed by atoms with Gasteiger partial charge in [0.1, 0.15) is 5.60 Å². The van der Waals surface area contributed by atoms with Crippen LogP contribution in [0.25, 0.3) is 0 Å². The van der Waals surface area contributed by atoms with Gasteiger partial charge in [-0.15, -0.1) is 0 Å². The molecule has 2 rings (SSSR count). The zero-order valence-corrected chi connectivity index (χ0v) is 34.3. The van der Waals surface area contributed by atoms with Gasteiger partial charge in [-0.05, 0) is 57.7 Å². The van der Waals surface area contributed by atoms with Crippen LogP contribution in [0.2, 0.25) is 0 Å². The second-order valence-corrected chi connectivity index (χ2v) is 14.4. The van der Waals surface area contributed by atoms with Crippen molar-refractivity contribution < 1.29 is 67.2 Å². The maximum Gasteiger partial charge on any atom is 0.407 e. The van der Waals surface area contributed by atoms with Gasteiger partial charge < -0.3 is 68.8 Å². The quantitative estimate of drug-likeness (QED) is 0.0647. The number of hydrogen-bond acceptors (Lipinski definition) is 14. The molecule has 1 unspecified atom stereocenters. The fourth-order valence-corrected chi connectivity index (χ4v) is 5.27. The number of ether oxygens (including phenoxy) is 9. The highest BCUT2D eigenvalue weighted by atomic mass is 16.7. The Kier molecular flexibility index (Phi) is 28.1. The van der Waals surface area contributed by atoms with Crippen LogP contribution in [0, 0.1) is 0 Å². The Morgan fingerprint density at radius 2 is 1.26 bits per heavy atom. The van der Waals surface area contributed by atoms with Crippen LogP contribution in [0.1, 0.15) is 71.3 Å². The van der Waals surface area contributed by atoms with Gasteiger partial charge in [0.05, 0.1) is 105 Å². The lowest BCUT2D eigenvalue weighted by Crippen LogP contribution is -2.39. The second-order valence-electron chi connectivity index (χ2n) is 14.4. The van der Waals surface area contributed by atoms with Crippen molar-refractivity contribution in [2.24, 2.45) is 0 Å². The van der Waals surface area contributed by atoms with Gasteiger partial charge in [0.2, 0.25) is 11.8 Å². The predicted molar refractivity (Wildman–Crippen MR) is 211 cm³/mol. The van der Waals surface area contributed by atoms with Crippen molar-refractivity contribution in [2.45, 2.75) is 96.2 Å². The third-order valence-electron chi connectivity index (χ3n) is 8.13. The minimum absolute atomic E-state index is 0.0531. The number of unbranched alkanes of at least 4 members (excludes halogenated alkanes) is 2. The number of anilines is 1. The molecule has 0 saturated carbocycles. The van der Waals surface area contributed by atoms with E-state index in [-0.39, 0.29) is 24.8 Å². The second kappa shape index (κ2) is 32.0. The SMILES string of the molecule is CC(C)(C)OC(=O)NCCOCCOCCOCCOCCOCCOCCC(=O)NCCCCCC(=O)Nc1ccc(CCO[C@H]2CC(O)C[C@@H](CO)O2)cc1. The fourth-order valence-electron chi connectivity index (χ4n) is 5.27. The number of alkyl carbamates (subject to hydrolysis) is 1. The molecule has 1 aliphatic heterocycles. The molecule has 17 nitrogen and oxygen atoms in total. The zero-order valence-electron chi connectivity index (χ0n) is 34.3. The van der Waals surface area contributed by atoms with E-state index in [1.165, 1.54) is 0 Å². The Morgan fingerprint density at radius 3 is 1.84 bits per heavy atom. The van der Waals surface area contributed by atoms with Gasteiger partial charge in [-0.2, -0.15) is 0 Å². The molecule has 5 N–H and O–H groups in total. The maximum atomic E-state index is 12.3. The fraction of sp³-hybridized carbons (Fsp3) is 0.775. The summed E-state index contributed by atoms with van der Waals surface area (Å²) in [6.45, 7) is 11.6. The molecule has 3 amide bonds. The van der Waals surface area contributed by atoms with Crippen molar-refractivity contribution >= 4 is 23.6 Å². The molecule has 0 bridgehead atoms. The molecule has 0 spiro atoms. The number of carbonyl (C=O) groups excluding carboxylic acids is 3. The van der Waals surface area contributed by atoms with E-state index in [0.717, 1.165) is 30.5 Å². The van der Waals surface area contributed by atoms with E-state index in [4.69, 9.17) is 42.6 Å².